The van der Waals surface area contributed by atoms with Crippen LogP contribution in [0.3, 0.4) is 0 Å². The normalized spacial score (nSPS) is 19.7. The second-order valence-electron chi connectivity index (χ2n) is 20.8. The van der Waals surface area contributed by atoms with Crippen LogP contribution in [0.1, 0.15) is 271 Å². The number of aliphatic hydroxyl groups excluding tert-OH is 5. The minimum Gasteiger partial charge on any atom is -0.394 e. The number of carbonyl (C=O) groups is 1. The number of hydrogen-bond acceptors (Lipinski definition) is 8. The van der Waals surface area contributed by atoms with Gasteiger partial charge in [-0.3, -0.25) is 4.79 Å². The Bertz CT molecular complexity index is 1300. The van der Waals surface area contributed by atoms with Crippen molar-refractivity contribution in [1.82, 2.24) is 5.32 Å². The van der Waals surface area contributed by atoms with E-state index in [1.165, 1.54) is 199 Å². The van der Waals surface area contributed by atoms with E-state index in [9.17, 15) is 30.3 Å². The second-order valence-corrected chi connectivity index (χ2v) is 20.8. The Morgan fingerprint density at radius 1 is 0.479 bits per heavy atom. The summed E-state index contributed by atoms with van der Waals surface area (Å²) in [5.41, 5.74) is 0. The van der Waals surface area contributed by atoms with Crippen LogP contribution in [0.25, 0.3) is 0 Å². The van der Waals surface area contributed by atoms with Gasteiger partial charge in [0.15, 0.2) is 6.29 Å². The fourth-order valence-electron chi connectivity index (χ4n) is 9.28. The van der Waals surface area contributed by atoms with Crippen LogP contribution in [0.5, 0.6) is 0 Å². The molecule has 6 N–H and O–H groups in total. The molecule has 0 aromatic rings. The number of unbranched alkanes of at least 4 members (excludes halogenated alkanes) is 33. The van der Waals surface area contributed by atoms with E-state index >= 15 is 0 Å². The second kappa shape index (κ2) is 51.4. The molecule has 9 nitrogen and oxygen atoms in total. The lowest BCUT2D eigenvalue weighted by Crippen LogP contribution is -2.60. The van der Waals surface area contributed by atoms with Crippen LogP contribution >= 0.6 is 0 Å². The number of hydrogen-bond donors (Lipinski definition) is 6. The molecule has 1 fully saturated rings. The van der Waals surface area contributed by atoms with Gasteiger partial charge in [-0.15, -0.1) is 0 Å². The zero-order valence-corrected chi connectivity index (χ0v) is 46.0. The van der Waals surface area contributed by atoms with E-state index < -0.39 is 49.5 Å². The van der Waals surface area contributed by atoms with Crippen molar-refractivity contribution < 1.29 is 39.8 Å². The molecular weight excluding hydrogens is 887 g/mol. The van der Waals surface area contributed by atoms with E-state index in [0.29, 0.717) is 6.42 Å². The molecule has 0 saturated carbocycles. The predicted molar refractivity (Wildman–Crippen MR) is 299 cm³/mol. The molecule has 7 atom stereocenters. The summed E-state index contributed by atoms with van der Waals surface area (Å²) in [5.74, 6) is -0.192. The van der Waals surface area contributed by atoms with E-state index in [-0.39, 0.29) is 12.5 Å². The van der Waals surface area contributed by atoms with Crippen molar-refractivity contribution in [1.29, 1.82) is 0 Å². The summed E-state index contributed by atoms with van der Waals surface area (Å²) < 4.78 is 11.3. The number of aliphatic hydroxyl groups is 5. The first kappa shape index (κ1) is 66.9. The van der Waals surface area contributed by atoms with Gasteiger partial charge in [0, 0.05) is 6.42 Å². The van der Waals surface area contributed by atoms with Gasteiger partial charge in [0.05, 0.1) is 25.4 Å². The van der Waals surface area contributed by atoms with E-state index in [1.807, 2.05) is 6.08 Å². The predicted octanol–water partition coefficient (Wildman–Crippen LogP) is 15.1. The van der Waals surface area contributed by atoms with Gasteiger partial charge in [-0.05, 0) is 77.0 Å². The summed E-state index contributed by atoms with van der Waals surface area (Å²) >= 11 is 0. The molecule has 1 aliphatic heterocycles. The summed E-state index contributed by atoms with van der Waals surface area (Å²) in [7, 11) is 0. The molecule has 0 aromatic carbocycles. The fraction of sp³-hybridized carbons (Fsp3) is 0.823. The molecule has 71 heavy (non-hydrogen) atoms. The molecule has 1 rings (SSSR count). The Labute approximate surface area is 436 Å². The zero-order chi connectivity index (χ0) is 51.5. The number of rotatable bonds is 51. The number of ether oxygens (including phenoxy) is 2. The summed E-state index contributed by atoms with van der Waals surface area (Å²) in [6.07, 6.45) is 62.9. The van der Waals surface area contributed by atoms with E-state index in [2.05, 4.69) is 67.8 Å². The number of amides is 1. The lowest BCUT2D eigenvalue weighted by atomic mass is 9.99. The lowest BCUT2D eigenvalue weighted by molar-refractivity contribution is -0.302. The first-order valence-corrected chi connectivity index (χ1v) is 30.0. The Kier molecular flexibility index (Phi) is 48.4. The largest absolute Gasteiger partial charge is 0.394 e. The highest BCUT2D eigenvalue weighted by molar-refractivity contribution is 5.76. The third kappa shape index (κ3) is 40.9. The fourth-order valence-corrected chi connectivity index (χ4v) is 9.28. The van der Waals surface area contributed by atoms with Crippen molar-refractivity contribution in [3.63, 3.8) is 0 Å². The van der Waals surface area contributed by atoms with Crippen molar-refractivity contribution >= 4 is 5.91 Å². The van der Waals surface area contributed by atoms with Gasteiger partial charge in [0.1, 0.15) is 24.4 Å². The molecule has 7 unspecified atom stereocenters. The van der Waals surface area contributed by atoms with Crippen LogP contribution in [-0.4, -0.2) is 87.5 Å². The molecule has 0 aromatic heterocycles. The van der Waals surface area contributed by atoms with Gasteiger partial charge in [-0.25, -0.2) is 0 Å². The Morgan fingerprint density at radius 3 is 1.27 bits per heavy atom. The molecule has 1 aliphatic rings. The third-order valence-electron chi connectivity index (χ3n) is 14.0. The smallest absolute Gasteiger partial charge is 0.220 e. The van der Waals surface area contributed by atoms with Crippen LogP contribution in [0, 0.1) is 0 Å². The number of carbonyl (C=O) groups excluding carboxylic acids is 1. The topological polar surface area (TPSA) is 149 Å². The zero-order valence-electron chi connectivity index (χ0n) is 46.0. The van der Waals surface area contributed by atoms with Crippen molar-refractivity contribution in [2.24, 2.45) is 0 Å². The van der Waals surface area contributed by atoms with Gasteiger partial charge in [0.25, 0.3) is 0 Å². The summed E-state index contributed by atoms with van der Waals surface area (Å²) in [4.78, 5) is 13.1. The maximum absolute atomic E-state index is 13.1. The van der Waals surface area contributed by atoms with Gasteiger partial charge in [-0.2, -0.15) is 0 Å². The van der Waals surface area contributed by atoms with Gasteiger partial charge >= 0.3 is 0 Å². The van der Waals surface area contributed by atoms with Crippen molar-refractivity contribution in [3.05, 3.63) is 60.8 Å². The Morgan fingerprint density at radius 2 is 0.845 bits per heavy atom. The molecule has 0 radical (unpaired) electrons. The quantitative estimate of drug-likeness (QED) is 0.0261. The van der Waals surface area contributed by atoms with Crippen LogP contribution in [0.4, 0.5) is 0 Å². The number of allylic oxidation sites excluding steroid dienone is 9. The number of nitrogens with one attached hydrogen (secondary N) is 1. The molecule has 9 heteroatoms. The van der Waals surface area contributed by atoms with Gasteiger partial charge in [0.2, 0.25) is 5.91 Å². The monoisotopic (exact) mass is 1000 g/mol. The molecule has 1 saturated heterocycles. The maximum Gasteiger partial charge on any atom is 0.220 e. The molecular formula is C62H113NO8. The molecule has 0 bridgehead atoms. The van der Waals surface area contributed by atoms with Gasteiger partial charge < -0.3 is 40.3 Å². The van der Waals surface area contributed by atoms with Gasteiger partial charge in [-0.1, -0.05) is 248 Å². The van der Waals surface area contributed by atoms with Crippen LogP contribution in [0.15, 0.2) is 60.8 Å². The Hall–Kier alpha value is -2.11. The molecule has 1 amide bonds. The molecule has 1 heterocycles. The average molecular weight is 1000 g/mol. The van der Waals surface area contributed by atoms with Crippen LogP contribution in [0.2, 0.25) is 0 Å². The Balaban J connectivity index is 2.26. The summed E-state index contributed by atoms with van der Waals surface area (Å²) in [5, 5.41) is 54.5. The molecule has 0 aliphatic carbocycles. The highest BCUT2D eigenvalue weighted by atomic mass is 16.7. The van der Waals surface area contributed by atoms with Crippen LogP contribution in [-0.2, 0) is 14.3 Å². The van der Waals surface area contributed by atoms with E-state index in [0.717, 1.165) is 51.4 Å². The van der Waals surface area contributed by atoms with Crippen LogP contribution < -0.4 is 5.32 Å². The average Bonchev–Trinajstić information content (AvgIpc) is 3.37. The minimum absolute atomic E-state index is 0.192. The highest BCUT2D eigenvalue weighted by Crippen LogP contribution is 2.23. The SMILES string of the molecule is CCCCCCC/C=C\C/C=C\CCCCCCCCCCCCCC(=O)NC(COC1OC(CO)C(O)C(O)C1O)C(O)/C=C/CC/C=C/CC/C=C/CCCCCCCCCCCCCCCCC. The van der Waals surface area contributed by atoms with E-state index in [1.54, 1.807) is 6.08 Å². The standard InChI is InChI=1S/C62H113NO8/c1-3-5-7-9-11-13-15-17-19-21-23-25-27-28-30-31-33-35-37-39-41-43-45-47-49-51-56(65)55(54-70-62-61(69)60(68)59(67)57(53-64)71-62)63-58(66)52-50-48-46-44-42-40-38-36-34-32-29-26-24-22-20-18-16-14-12-10-8-6-4-2/h16,18,22,24,33,35,41,43,49,51,55-57,59-62,64-65,67-69H,3-15,17,19-21,23,25-32,34,36-40,42,44-48,50,52-54H2,1-2H3,(H,63,66)/b18-16-,24-22-,35-33+,43-41+,51-49+. The molecule has 414 valence electrons. The lowest BCUT2D eigenvalue weighted by Gasteiger charge is -2.40. The minimum atomic E-state index is -1.58. The third-order valence-corrected chi connectivity index (χ3v) is 14.0. The molecule has 0 spiro atoms. The van der Waals surface area contributed by atoms with Crippen molar-refractivity contribution in [3.8, 4) is 0 Å². The van der Waals surface area contributed by atoms with E-state index in [4.69, 9.17) is 9.47 Å². The highest BCUT2D eigenvalue weighted by Gasteiger charge is 2.44. The summed E-state index contributed by atoms with van der Waals surface area (Å²) in [6.45, 7) is 3.77. The van der Waals surface area contributed by atoms with Crippen molar-refractivity contribution in [2.45, 2.75) is 314 Å². The maximum atomic E-state index is 13.1. The first-order valence-electron chi connectivity index (χ1n) is 30.0. The first-order chi connectivity index (χ1) is 34.8. The van der Waals surface area contributed by atoms with Crippen molar-refractivity contribution in [2.75, 3.05) is 13.2 Å². The summed E-state index contributed by atoms with van der Waals surface area (Å²) in [6, 6.07) is -0.832.